The van der Waals surface area contributed by atoms with Gasteiger partial charge in [-0.3, -0.25) is 4.79 Å². The van der Waals surface area contributed by atoms with Gasteiger partial charge in [0.15, 0.2) is 0 Å². The number of carbonyl (C=O) groups is 1. The van der Waals surface area contributed by atoms with E-state index in [0.29, 0.717) is 26.3 Å². The van der Waals surface area contributed by atoms with E-state index < -0.39 is 5.82 Å². The van der Waals surface area contributed by atoms with Crippen LogP contribution in [0.3, 0.4) is 0 Å². The van der Waals surface area contributed by atoms with Crippen LogP contribution < -0.4 is 0 Å². The molecule has 1 heterocycles. The fourth-order valence-electron chi connectivity index (χ4n) is 1.91. The van der Waals surface area contributed by atoms with Crippen LogP contribution in [0.25, 0.3) is 0 Å². The number of carbonyl (C=O) groups excluding carboxylic acids is 1. The molecule has 3 nitrogen and oxygen atoms in total. The molecular formula is C15H22FNO2. The van der Waals surface area contributed by atoms with Gasteiger partial charge in [-0.2, -0.15) is 0 Å². The smallest absolute Gasteiger partial charge is 0.256 e. The third-order valence-corrected chi connectivity index (χ3v) is 2.86. The Kier molecular flexibility index (Phi) is 6.50. The third kappa shape index (κ3) is 4.31. The average Bonchev–Trinajstić information content (AvgIpc) is 2.69. The van der Waals surface area contributed by atoms with Gasteiger partial charge in [0.2, 0.25) is 0 Å². The summed E-state index contributed by atoms with van der Waals surface area (Å²) in [6, 6.07) is 4.70. The number of nitrogens with zero attached hydrogens (tertiary/aromatic N) is 1. The molecule has 1 aromatic carbocycles. The largest absolute Gasteiger partial charge is 0.380 e. The maximum absolute atomic E-state index is 13.7. The Morgan fingerprint density at radius 1 is 1.26 bits per heavy atom. The molecule has 4 heteroatoms. The molecule has 2 rings (SSSR count). The van der Waals surface area contributed by atoms with Crippen molar-refractivity contribution in [2.75, 3.05) is 26.3 Å². The lowest BCUT2D eigenvalue weighted by atomic mass is 10.1. The van der Waals surface area contributed by atoms with Gasteiger partial charge >= 0.3 is 0 Å². The quantitative estimate of drug-likeness (QED) is 0.782. The van der Waals surface area contributed by atoms with Gasteiger partial charge in [-0.1, -0.05) is 19.9 Å². The van der Waals surface area contributed by atoms with E-state index in [4.69, 9.17) is 4.74 Å². The van der Waals surface area contributed by atoms with Crippen molar-refractivity contribution < 1.29 is 13.9 Å². The minimum atomic E-state index is -0.444. The summed E-state index contributed by atoms with van der Waals surface area (Å²) in [5.74, 6) is -0.687. The summed E-state index contributed by atoms with van der Waals surface area (Å²) >= 11 is 0. The van der Waals surface area contributed by atoms with Gasteiger partial charge in [0, 0.05) is 19.7 Å². The number of hydrogen-bond acceptors (Lipinski definition) is 2. The molecule has 19 heavy (non-hydrogen) atoms. The van der Waals surface area contributed by atoms with Crippen LogP contribution in [0.1, 0.15) is 36.2 Å². The number of ether oxygens (including phenoxy) is 1. The van der Waals surface area contributed by atoms with Crippen molar-refractivity contribution in [2.24, 2.45) is 0 Å². The molecule has 1 aromatic rings. The molecule has 1 aliphatic heterocycles. The zero-order valence-corrected chi connectivity index (χ0v) is 11.9. The molecule has 106 valence electrons. The Morgan fingerprint density at radius 2 is 2.00 bits per heavy atom. The molecule has 1 amide bonds. The highest BCUT2D eigenvalue weighted by Gasteiger charge is 2.20. The molecule has 0 atom stereocenters. The van der Waals surface area contributed by atoms with E-state index in [0.717, 1.165) is 12.0 Å². The average molecular weight is 267 g/mol. The summed E-state index contributed by atoms with van der Waals surface area (Å²) in [5.41, 5.74) is 0.968. The highest BCUT2D eigenvalue weighted by molar-refractivity contribution is 5.94. The standard InChI is InChI=1S/C13H16FNO2.C2H6/c1-10-3-4-11(12(14)9-10)13(16)15-5-2-7-17-8-6-15;1-2/h3-4,9H,2,5-8H2,1H3;1-2H3. The van der Waals surface area contributed by atoms with Gasteiger partial charge in [-0.15, -0.1) is 0 Å². The van der Waals surface area contributed by atoms with Crippen LogP contribution >= 0.6 is 0 Å². The minimum Gasteiger partial charge on any atom is -0.380 e. The maximum Gasteiger partial charge on any atom is 0.256 e. The van der Waals surface area contributed by atoms with E-state index in [2.05, 4.69) is 0 Å². The number of hydrogen-bond donors (Lipinski definition) is 0. The first-order valence-electron chi connectivity index (χ1n) is 6.81. The summed E-state index contributed by atoms with van der Waals surface area (Å²) in [5, 5.41) is 0. The molecule has 0 aromatic heterocycles. The lowest BCUT2D eigenvalue weighted by Crippen LogP contribution is -2.33. The Morgan fingerprint density at radius 3 is 2.68 bits per heavy atom. The Balaban J connectivity index is 0.000000861. The zero-order valence-electron chi connectivity index (χ0n) is 11.9. The van der Waals surface area contributed by atoms with Crippen molar-refractivity contribution in [3.8, 4) is 0 Å². The highest BCUT2D eigenvalue weighted by atomic mass is 19.1. The van der Waals surface area contributed by atoms with E-state index in [1.165, 1.54) is 6.07 Å². The summed E-state index contributed by atoms with van der Waals surface area (Å²) in [6.45, 7) is 8.16. The highest BCUT2D eigenvalue weighted by Crippen LogP contribution is 2.13. The molecule has 0 saturated carbocycles. The second kappa shape index (κ2) is 7.89. The van der Waals surface area contributed by atoms with Crippen LogP contribution in [-0.2, 0) is 4.74 Å². The molecule has 0 radical (unpaired) electrons. The topological polar surface area (TPSA) is 29.5 Å². The monoisotopic (exact) mass is 267 g/mol. The van der Waals surface area contributed by atoms with Crippen LogP contribution in [0.5, 0.6) is 0 Å². The van der Waals surface area contributed by atoms with Crippen molar-refractivity contribution >= 4 is 5.91 Å². The Bertz CT molecular complexity index is 413. The van der Waals surface area contributed by atoms with Gasteiger partial charge < -0.3 is 9.64 Å². The SMILES string of the molecule is CC.Cc1ccc(C(=O)N2CCCOCC2)c(F)c1. The molecule has 0 N–H and O–H groups in total. The van der Waals surface area contributed by atoms with Crippen molar-refractivity contribution in [1.29, 1.82) is 0 Å². The first-order chi connectivity index (χ1) is 9.18. The summed E-state index contributed by atoms with van der Waals surface area (Å²) in [4.78, 5) is 13.8. The Hall–Kier alpha value is -1.42. The third-order valence-electron chi connectivity index (χ3n) is 2.86. The van der Waals surface area contributed by atoms with Gasteiger partial charge in [-0.25, -0.2) is 4.39 Å². The number of halogens is 1. The molecule has 1 aliphatic rings. The van der Waals surface area contributed by atoms with Crippen LogP contribution in [0.15, 0.2) is 18.2 Å². The molecule has 0 bridgehead atoms. The van der Waals surface area contributed by atoms with E-state index in [1.807, 2.05) is 13.8 Å². The van der Waals surface area contributed by atoms with E-state index in [-0.39, 0.29) is 11.5 Å². The van der Waals surface area contributed by atoms with Gasteiger partial charge in [0.05, 0.1) is 12.2 Å². The second-order valence-electron chi connectivity index (χ2n) is 4.24. The summed E-state index contributed by atoms with van der Waals surface area (Å²) in [7, 11) is 0. The number of benzene rings is 1. The normalized spacial score (nSPS) is 15.3. The molecule has 0 aliphatic carbocycles. The Labute approximate surface area is 114 Å². The molecule has 0 unspecified atom stereocenters. The first kappa shape index (κ1) is 15.6. The fraction of sp³-hybridized carbons (Fsp3) is 0.533. The number of aryl methyl sites for hydroxylation is 1. The summed E-state index contributed by atoms with van der Waals surface area (Å²) in [6.07, 6.45) is 0.805. The van der Waals surface area contributed by atoms with Gasteiger partial charge in [0.1, 0.15) is 5.82 Å². The van der Waals surface area contributed by atoms with Crippen LogP contribution in [0.2, 0.25) is 0 Å². The fourth-order valence-corrected chi connectivity index (χ4v) is 1.91. The van der Waals surface area contributed by atoms with Gasteiger partial charge in [0.25, 0.3) is 5.91 Å². The molecular weight excluding hydrogens is 245 g/mol. The predicted molar refractivity (Wildman–Crippen MR) is 73.8 cm³/mol. The summed E-state index contributed by atoms with van der Waals surface area (Å²) < 4.78 is 19.0. The van der Waals surface area contributed by atoms with Crippen LogP contribution in [0, 0.1) is 12.7 Å². The molecule has 1 saturated heterocycles. The van der Waals surface area contributed by atoms with E-state index >= 15 is 0 Å². The zero-order chi connectivity index (χ0) is 14.3. The maximum atomic E-state index is 13.7. The van der Waals surface area contributed by atoms with Crippen LogP contribution in [-0.4, -0.2) is 37.1 Å². The van der Waals surface area contributed by atoms with Gasteiger partial charge in [-0.05, 0) is 31.0 Å². The molecule has 0 spiro atoms. The minimum absolute atomic E-state index is 0.150. The van der Waals surface area contributed by atoms with Crippen molar-refractivity contribution in [3.05, 3.63) is 35.1 Å². The lowest BCUT2D eigenvalue weighted by molar-refractivity contribution is 0.0736. The number of rotatable bonds is 1. The molecule has 1 fully saturated rings. The van der Waals surface area contributed by atoms with Crippen molar-refractivity contribution in [3.63, 3.8) is 0 Å². The van der Waals surface area contributed by atoms with E-state index in [1.54, 1.807) is 24.0 Å². The lowest BCUT2D eigenvalue weighted by Gasteiger charge is -2.19. The van der Waals surface area contributed by atoms with E-state index in [9.17, 15) is 9.18 Å². The van der Waals surface area contributed by atoms with Crippen LogP contribution in [0.4, 0.5) is 4.39 Å². The second-order valence-corrected chi connectivity index (χ2v) is 4.24. The predicted octanol–water partition coefficient (Wildman–Crippen LogP) is 3.02. The first-order valence-corrected chi connectivity index (χ1v) is 6.81. The van der Waals surface area contributed by atoms with Crippen molar-refractivity contribution in [1.82, 2.24) is 4.90 Å². The van der Waals surface area contributed by atoms with Crippen molar-refractivity contribution in [2.45, 2.75) is 27.2 Å². The number of amides is 1.